The van der Waals surface area contributed by atoms with Crippen molar-refractivity contribution in [2.75, 3.05) is 6.54 Å². The number of hydrogen-bond donors (Lipinski definition) is 4. The molecule has 4 amide bonds. The lowest BCUT2D eigenvalue weighted by Crippen LogP contribution is -2.49. The number of nitrogens with one attached hydrogen (secondary N) is 3. The number of likely N-dealkylation sites (tertiary alicyclic amines) is 1. The Bertz CT molecular complexity index is 776. The Morgan fingerprint density at radius 2 is 1.26 bits per heavy atom. The van der Waals surface area contributed by atoms with Crippen LogP contribution in [0, 0.1) is 0 Å². The summed E-state index contributed by atoms with van der Waals surface area (Å²) in [7, 11) is 0. The quantitative estimate of drug-likeness (QED) is 0.114. The molecule has 5 N–H and O–H groups in total. The number of guanidine groups is 1. The van der Waals surface area contributed by atoms with Crippen molar-refractivity contribution in [1.82, 2.24) is 21.0 Å². The molecule has 0 aromatic heterocycles. The van der Waals surface area contributed by atoms with Crippen LogP contribution in [0.1, 0.15) is 68.7 Å². The molecule has 1 aliphatic heterocycles. The zero-order valence-corrected chi connectivity index (χ0v) is 21.4. The summed E-state index contributed by atoms with van der Waals surface area (Å²) >= 11 is 0. The molecular formula is C21H38N6O7. The summed E-state index contributed by atoms with van der Waals surface area (Å²) in [6.45, 7) is 15.1. The fourth-order valence-corrected chi connectivity index (χ4v) is 2.85. The van der Waals surface area contributed by atoms with Gasteiger partial charge in [-0.15, -0.1) is 0 Å². The van der Waals surface area contributed by atoms with Crippen molar-refractivity contribution in [1.29, 1.82) is 0 Å². The lowest BCUT2D eigenvalue weighted by Gasteiger charge is -2.27. The number of rotatable bonds is 2. The van der Waals surface area contributed by atoms with Crippen molar-refractivity contribution < 1.29 is 33.4 Å². The van der Waals surface area contributed by atoms with E-state index in [9.17, 15) is 19.2 Å². The van der Waals surface area contributed by atoms with Gasteiger partial charge in [-0.2, -0.15) is 0 Å². The van der Waals surface area contributed by atoms with Crippen molar-refractivity contribution in [3.8, 4) is 0 Å². The molecule has 0 bridgehead atoms. The van der Waals surface area contributed by atoms with Crippen LogP contribution in [0.4, 0.5) is 14.4 Å². The van der Waals surface area contributed by atoms with Gasteiger partial charge in [-0.25, -0.2) is 25.2 Å². The van der Waals surface area contributed by atoms with Gasteiger partial charge in [0.2, 0.25) is 5.96 Å². The van der Waals surface area contributed by atoms with Crippen LogP contribution in [0.25, 0.3) is 0 Å². The number of nitrogens with two attached hydrogens (primary N) is 1. The van der Waals surface area contributed by atoms with Gasteiger partial charge in [-0.05, 0) is 62.3 Å². The lowest BCUT2D eigenvalue weighted by molar-refractivity contribution is -0.125. The molecule has 0 radical (unpaired) electrons. The van der Waals surface area contributed by atoms with E-state index in [4.69, 9.17) is 20.1 Å². The van der Waals surface area contributed by atoms with E-state index < -0.39 is 53.1 Å². The third-order valence-electron chi connectivity index (χ3n) is 3.90. The topological polar surface area (TPSA) is 174 Å². The van der Waals surface area contributed by atoms with Gasteiger partial charge < -0.3 is 14.2 Å². The lowest BCUT2D eigenvalue weighted by atomic mass is 10.1. The van der Waals surface area contributed by atoms with Gasteiger partial charge in [0.05, 0.1) is 6.04 Å². The van der Waals surface area contributed by atoms with Crippen LogP contribution in [0.3, 0.4) is 0 Å². The van der Waals surface area contributed by atoms with E-state index in [1.807, 2.05) is 5.43 Å². The standard InChI is InChI=1S/C21H38N6O7/c1-19(2,3)32-16(29)24-15(25-17(30)33-20(4,5)6)23-12-10-13(14(28)26-22)27(11-12)18(31)34-21(7,8)9/h12-13H,10-11,22H2,1-9H3,(H,26,28)(H2,23,24,25,29,30)/t12-,13-/m0/s1. The predicted octanol–water partition coefficient (Wildman–Crippen LogP) is 1.76. The molecule has 0 saturated carbocycles. The molecule has 34 heavy (non-hydrogen) atoms. The third-order valence-corrected chi connectivity index (χ3v) is 3.90. The van der Waals surface area contributed by atoms with Crippen LogP contribution >= 0.6 is 0 Å². The second-order valence-electron chi connectivity index (χ2n) is 10.8. The molecule has 13 heteroatoms. The molecule has 2 atom stereocenters. The van der Waals surface area contributed by atoms with Gasteiger partial charge in [-0.1, -0.05) is 0 Å². The van der Waals surface area contributed by atoms with Crippen LogP contribution in [-0.2, 0) is 19.0 Å². The van der Waals surface area contributed by atoms with Gasteiger partial charge in [0.1, 0.15) is 22.8 Å². The van der Waals surface area contributed by atoms with Crippen LogP contribution in [-0.4, -0.2) is 70.5 Å². The molecule has 0 aromatic carbocycles. The SMILES string of the molecule is CC(C)(C)OC(=O)NC(=N[C@H]1C[C@@H](C(=O)NN)N(C(=O)OC(C)(C)C)C1)NC(=O)OC(C)(C)C. The maximum atomic E-state index is 12.6. The zero-order valence-electron chi connectivity index (χ0n) is 21.4. The summed E-state index contributed by atoms with van der Waals surface area (Å²) in [5, 5.41) is 4.75. The number of ether oxygens (including phenoxy) is 3. The Morgan fingerprint density at radius 1 is 0.824 bits per heavy atom. The Balaban J connectivity index is 3.16. The molecule has 0 unspecified atom stereocenters. The molecule has 13 nitrogen and oxygen atoms in total. The van der Waals surface area contributed by atoms with Gasteiger partial charge in [0.15, 0.2) is 0 Å². The number of amides is 4. The van der Waals surface area contributed by atoms with E-state index in [1.54, 1.807) is 62.3 Å². The number of hydrogen-bond acceptors (Lipinski definition) is 9. The normalized spacial score (nSPS) is 18.5. The zero-order chi connectivity index (χ0) is 26.5. The first-order valence-electron chi connectivity index (χ1n) is 10.9. The number of hydrazine groups is 1. The maximum absolute atomic E-state index is 12.6. The summed E-state index contributed by atoms with van der Waals surface area (Å²) in [5.41, 5.74) is -0.358. The molecule has 1 fully saturated rings. The van der Waals surface area contributed by atoms with Crippen LogP contribution in [0.2, 0.25) is 0 Å². The molecule has 194 valence electrons. The first-order chi connectivity index (χ1) is 15.3. The van der Waals surface area contributed by atoms with Gasteiger partial charge in [0.25, 0.3) is 5.91 Å². The largest absolute Gasteiger partial charge is 0.444 e. The first-order valence-corrected chi connectivity index (χ1v) is 10.9. The van der Waals surface area contributed by atoms with Crippen molar-refractivity contribution in [3.05, 3.63) is 0 Å². The number of carbonyl (C=O) groups excluding carboxylic acids is 4. The highest BCUT2D eigenvalue weighted by molar-refractivity contribution is 6.01. The highest BCUT2D eigenvalue weighted by Crippen LogP contribution is 2.23. The molecule has 1 rings (SSSR count). The average molecular weight is 487 g/mol. The van der Waals surface area contributed by atoms with E-state index >= 15 is 0 Å². The fraction of sp³-hybridized carbons (Fsp3) is 0.762. The van der Waals surface area contributed by atoms with E-state index in [2.05, 4.69) is 15.6 Å². The Morgan fingerprint density at radius 3 is 1.65 bits per heavy atom. The number of alkyl carbamates (subject to hydrolysis) is 2. The Kier molecular flexibility index (Phi) is 9.27. The average Bonchev–Trinajstić information content (AvgIpc) is 2.99. The number of nitrogens with zero attached hydrogens (tertiary/aromatic N) is 2. The predicted molar refractivity (Wildman–Crippen MR) is 124 cm³/mol. The van der Waals surface area contributed by atoms with Crippen LogP contribution in [0.5, 0.6) is 0 Å². The molecule has 0 aliphatic carbocycles. The highest BCUT2D eigenvalue weighted by atomic mass is 16.6. The smallest absolute Gasteiger partial charge is 0.414 e. The van der Waals surface area contributed by atoms with E-state index in [0.29, 0.717) is 0 Å². The minimum Gasteiger partial charge on any atom is -0.444 e. The molecule has 1 heterocycles. The number of carbonyl (C=O) groups is 4. The minimum atomic E-state index is -0.960. The van der Waals surface area contributed by atoms with E-state index in [1.165, 1.54) is 4.90 Å². The Labute approximate surface area is 200 Å². The second kappa shape index (κ2) is 10.9. The minimum absolute atomic E-state index is 0.0253. The summed E-state index contributed by atoms with van der Waals surface area (Å²) in [4.78, 5) is 55.0. The van der Waals surface area contributed by atoms with Crippen molar-refractivity contribution in [2.45, 2.75) is 97.6 Å². The number of aliphatic imine (C=N–C) groups is 1. The van der Waals surface area contributed by atoms with Crippen LogP contribution < -0.4 is 21.9 Å². The van der Waals surface area contributed by atoms with Crippen molar-refractivity contribution in [2.24, 2.45) is 10.8 Å². The fourth-order valence-electron chi connectivity index (χ4n) is 2.85. The van der Waals surface area contributed by atoms with E-state index in [-0.39, 0.29) is 18.9 Å². The summed E-state index contributed by atoms with van der Waals surface area (Å²) in [6, 6.07) is -1.65. The molecular weight excluding hydrogens is 448 g/mol. The first kappa shape index (κ1) is 28.9. The second-order valence-corrected chi connectivity index (χ2v) is 10.8. The molecule has 0 spiro atoms. The summed E-state index contributed by atoms with van der Waals surface area (Å²) in [5.74, 6) is 4.41. The maximum Gasteiger partial charge on any atom is 0.414 e. The van der Waals surface area contributed by atoms with Gasteiger partial charge in [-0.3, -0.25) is 25.8 Å². The highest BCUT2D eigenvalue weighted by Gasteiger charge is 2.41. The van der Waals surface area contributed by atoms with E-state index in [0.717, 1.165) is 0 Å². The summed E-state index contributed by atoms with van der Waals surface area (Å²) < 4.78 is 15.8. The third kappa shape index (κ3) is 10.7. The van der Waals surface area contributed by atoms with Crippen molar-refractivity contribution in [3.63, 3.8) is 0 Å². The van der Waals surface area contributed by atoms with Crippen molar-refractivity contribution >= 4 is 30.1 Å². The van der Waals surface area contributed by atoms with Gasteiger partial charge in [0, 0.05) is 13.0 Å². The van der Waals surface area contributed by atoms with Crippen LogP contribution in [0.15, 0.2) is 4.99 Å². The Hall–Kier alpha value is -3.09. The monoisotopic (exact) mass is 486 g/mol. The molecule has 1 aliphatic rings. The summed E-state index contributed by atoms with van der Waals surface area (Å²) in [6.07, 6.45) is -2.38. The molecule has 0 aromatic rings. The van der Waals surface area contributed by atoms with Gasteiger partial charge >= 0.3 is 18.3 Å². The molecule has 1 saturated heterocycles.